The van der Waals surface area contributed by atoms with E-state index in [1.165, 1.54) is 5.56 Å². The summed E-state index contributed by atoms with van der Waals surface area (Å²) in [5.41, 5.74) is 3.03. The molecule has 5 rings (SSSR count). The second-order valence-corrected chi connectivity index (χ2v) is 8.71. The quantitative estimate of drug-likeness (QED) is 0.309. The first-order chi connectivity index (χ1) is 16.1. The van der Waals surface area contributed by atoms with Gasteiger partial charge in [0.25, 0.3) is 0 Å². The molecule has 170 valence electrons. The van der Waals surface area contributed by atoms with Crippen LogP contribution in [0.3, 0.4) is 0 Å². The van der Waals surface area contributed by atoms with Gasteiger partial charge in [-0.25, -0.2) is 4.98 Å². The van der Waals surface area contributed by atoms with Crippen LogP contribution in [0.2, 0.25) is 10.0 Å². The van der Waals surface area contributed by atoms with Gasteiger partial charge in [0.2, 0.25) is 5.79 Å². The summed E-state index contributed by atoms with van der Waals surface area (Å²) in [6.07, 6.45) is 5.02. The van der Waals surface area contributed by atoms with Crippen molar-refractivity contribution in [2.24, 2.45) is 0 Å². The Morgan fingerprint density at radius 2 is 1.76 bits per heavy atom. The van der Waals surface area contributed by atoms with E-state index < -0.39 is 5.79 Å². The predicted octanol–water partition coefficient (Wildman–Crippen LogP) is 5.56. The fourth-order valence-corrected chi connectivity index (χ4v) is 4.49. The summed E-state index contributed by atoms with van der Waals surface area (Å²) in [7, 11) is 0. The Morgan fingerprint density at radius 1 is 1.00 bits per heavy atom. The molecule has 0 aliphatic carbocycles. The van der Waals surface area contributed by atoms with E-state index in [9.17, 15) is 0 Å². The molecule has 3 aromatic carbocycles. The van der Waals surface area contributed by atoms with Gasteiger partial charge in [0.05, 0.1) is 24.5 Å². The first kappa shape index (κ1) is 25.3. The maximum atomic E-state index is 6.52. The Balaban J connectivity index is 0.00000274. The number of hydrogen-bond donors (Lipinski definition) is 0. The molecule has 8 heteroatoms. The fraction of sp³-hybridized carbons (Fsp3) is 0.192. The first-order valence-corrected chi connectivity index (χ1v) is 11.4. The molecule has 0 N–H and O–H groups in total. The summed E-state index contributed by atoms with van der Waals surface area (Å²) in [5.74, 6) is -0.289. The molecule has 2 atom stereocenters. The van der Waals surface area contributed by atoms with Crippen molar-refractivity contribution in [2.75, 3.05) is 13.2 Å². The van der Waals surface area contributed by atoms with Crippen LogP contribution in [0, 0.1) is 0 Å². The second-order valence-electron chi connectivity index (χ2n) is 7.86. The van der Waals surface area contributed by atoms with Gasteiger partial charge >= 0.3 is 29.6 Å². The van der Waals surface area contributed by atoms with Gasteiger partial charge in [-0.1, -0.05) is 71.7 Å². The Labute approximate surface area is 230 Å². The molecule has 5 nitrogen and oxygen atoms in total. The van der Waals surface area contributed by atoms with E-state index in [0.29, 0.717) is 29.8 Å². The molecule has 1 fully saturated rings. The maximum absolute atomic E-state index is 6.52. The van der Waals surface area contributed by atoms with E-state index in [0.717, 1.165) is 16.9 Å². The van der Waals surface area contributed by atoms with Gasteiger partial charge in [0, 0.05) is 23.0 Å². The van der Waals surface area contributed by atoms with Crippen molar-refractivity contribution < 1.29 is 14.2 Å². The van der Waals surface area contributed by atoms with Gasteiger partial charge < -0.3 is 18.8 Å². The topological polar surface area (TPSA) is 45.5 Å². The molecule has 34 heavy (non-hydrogen) atoms. The van der Waals surface area contributed by atoms with Crippen LogP contribution in [0.25, 0.3) is 11.1 Å². The van der Waals surface area contributed by atoms with Crippen LogP contribution in [-0.2, 0) is 21.8 Å². The summed E-state index contributed by atoms with van der Waals surface area (Å²) >= 11 is 12.6. The summed E-state index contributed by atoms with van der Waals surface area (Å²) in [6, 6.07) is 23.6. The molecule has 1 aromatic heterocycles. The van der Waals surface area contributed by atoms with E-state index in [-0.39, 0.29) is 35.7 Å². The number of halogens is 2. The zero-order valence-corrected chi connectivity index (χ0v) is 19.2. The Hall–Kier alpha value is -1.83. The van der Waals surface area contributed by atoms with Crippen molar-refractivity contribution in [3.8, 4) is 16.9 Å². The van der Waals surface area contributed by atoms with Crippen LogP contribution >= 0.6 is 23.2 Å². The SMILES string of the molecule is Clc1ccc([C@@]2(Cn3ccnc3)OC[C@H](COc3ccc(-c4ccccc4)cc3)O2)c(Cl)c1.[NaH]. The Kier molecular flexibility index (Phi) is 8.38. The average Bonchev–Trinajstić information content (AvgIpc) is 3.49. The van der Waals surface area contributed by atoms with Crippen molar-refractivity contribution in [3.63, 3.8) is 0 Å². The summed E-state index contributed by atoms with van der Waals surface area (Å²) in [5, 5.41) is 1.04. The van der Waals surface area contributed by atoms with Crippen LogP contribution in [0.15, 0.2) is 91.5 Å². The van der Waals surface area contributed by atoms with Gasteiger partial charge in [-0.05, 0) is 35.4 Å². The van der Waals surface area contributed by atoms with Crippen molar-refractivity contribution in [1.29, 1.82) is 0 Å². The standard InChI is InChI=1S/C26H22Cl2N2O3.Na.H/c27-21-8-11-24(25(28)14-21)26(17-30-13-12-29-18-30)32-16-23(33-26)15-31-22-9-6-20(7-10-22)19-4-2-1-3-5-19;;/h1-14,18,23H,15-17H2;;/t23-,26-;;/m0../s1. The average molecular weight is 505 g/mol. The molecule has 1 saturated heterocycles. The summed E-state index contributed by atoms with van der Waals surface area (Å²) in [4.78, 5) is 4.12. The molecule has 0 unspecified atom stereocenters. The van der Waals surface area contributed by atoms with E-state index in [1.54, 1.807) is 24.7 Å². The number of nitrogens with zero attached hydrogens (tertiary/aromatic N) is 2. The molecule has 0 amide bonds. The van der Waals surface area contributed by atoms with E-state index >= 15 is 0 Å². The molecule has 4 aromatic rings. The normalized spacial score (nSPS) is 19.5. The third-order valence-electron chi connectivity index (χ3n) is 5.55. The van der Waals surface area contributed by atoms with Gasteiger partial charge in [0.15, 0.2) is 0 Å². The number of benzene rings is 3. The van der Waals surface area contributed by atoms with Crippen molar-refractivity contribution >= 4 is 52.8 Å². The number of ether oxygens (including phenoxy) is 3. The number of rotatable bonds is 7. The van der Waals surface area contributed by atoms with Crippen molar-refractivity contribution in [3.05, 3.63) is 107 Å². The molecule has 0 saturated carbocycles. The van der Waals surface area contributed by atoms with Crippen LogP contribution in [-0.4, -0.2) is 58.4 Å². The second kappa shape index (κ2) is 11.3. The predicted molar refractivity (Wildman–Crippen MR) is 136 cm³/mol. The monoisotopic (exact) mass is 504 g/mol. The van der Waals surface area contributed by atoms with Gasteiger partial charge in [-0.15, -0.1) is 0 Å². The molecule has 0 spiro atoms. The first-order valence-electron chi connectivity index (χ1n) is 10.6. The molecular formula is C26H23Cl2N2NaO3. The minimum absolute atomic E-state index is 0. The molecular weight excluding hydrogens is 482 g/mol. The van der Waals surface area contributed by atoms with E-state index in [2.05, 4.69) is 17.1 Å². The number of hydrogen-bond acceptors (Lipinski definition) is 4. The molecule has 0 bridgehead atoms. The van der Waals surface area contributed by atoms with Gasteiger partial charge in [-0.3, -0.25) is 0 Å². The summed E-state index contributed by atoms with van der Waals surface area (Å²) in [6.45, 7) is 1.12. The molecule has 0 radical (unpaired) electrons. The minimum atomic E-state index is -1.06. The molecule has 2 heterocycles. The zero-order chi connectivity index (χ0) is 22.7. The number of imidazole rings is 1. The van der Waals surface area contributed by atoms with Crippen LogP contribution < -0.4 is 4.74 Å². The van der Waals surface area contributed by atoms with Crippen molar-refractivity contribution in [1.82, 2.24) is 9.55 Å². The Bertz CT molecular complexity index is 1210. The third-order valence-corrected chi connectivity index (χ3v) is 6.10. The third kappa shape index (κ3) is 5.69. The van der Waals surface area contributed by atoms with Gasteiger partial charge in [-0.2, -0.15) is 0 Å². The number of aromatic nitrogens is 2. The van der Waals surface area contributed by atoms with Gasteiger partial charge in [0.1, 0.15) is 18.5 Å². The summed E-state index contributed by atoms with van der Waals surface area (Å²) < 4.78 is 20.6. The fourth-order valence-electron chi connectivity index (χ4n) is 3.94. The molecule has 1 aliphatic heterocycles. The van der Waals surface area contributed by atoms with Crippen LogP contribution in [0.5, 0.6) is 5.75 Å². The van der Waals surface area contributed by atoms with E-state index in [1.807, 2.05) is 59.3 Å². The van der Waals surface area contributed by atoms with Crippen LogP contribution in [0.4, 0.5) is 0 Å². The van der Waals surface area contributed by atoms with Crippen molar-refractivity contribution in [2.45, 2.75) is 18.4 Å². The van der Waals surface area contributed by atoms with E-state index in [4.69, 9.17) is 37.4 Å². The van der Waals surface area contributed by atoms with Crippen LogP contribution in [0.1, 0.15) is 5.56 Å². The molecule has 1 aliphatic rings. The zero-order valence-electron chi connectivity index (χ0n) is 17.7. The Morgan fingerprint density at radius 3 is 2.47 bits per heavy atom.